The van der Waals surface area contributed by atoms with Crippen LogP contribution in [0.4, 0.5) is 18.9 Å². The second kappa shape index (κ2) is 9.15. The summed E-state index contributed by atoms with van der Waals surface area (Å²) in [6, 6.07) is 10.8. The molecule has 1 amide bonds. The third-order valence-corrected chi connectivity index (χ3v) is 3.67. The first kappa shape index (κ1) is 21.8. The molecule has 8 heteroatoms. The Bertz CT molecular complexity index is 960. The average Bonchev–Trinajstić information content (AvgIpc) is 2.66. The van der Waals surface area contributed by atoms with E-state index < -0.39 is 17.6 Å². The van der Waals surface area contributed by atoms with Crippen LogP contribution in [0.25, 0.3) is 6.08 Å². The largest absolute Gasteiger partial charge is 0.493 e. The fourth-order valence-corrected chi connectivity index (χ4v) is 2.41. The SMILES string of the molecule is COc1cc(C=C(C#N)C(=O)Nc2cccc(C(F)(F)F)c2)ccc1OC(C)C. The van der Waals surface area contributed by atoms with Gasteiger partial charge in [0.1, 0.15) is 11.6 Å². The Kier molecular flexibility index (Phi) is 6.89. The van der Waals surface area contributed by atoms with Crippen molar-refractivity contribution in [2.75, 3.05) is 12.4 Å². The predicted molar refractivity (Wildman–Crippen MR) is 102 cm³/mol. The first-order chi connectivity index (χ1) is 13.6. The highest BCUT2D eigenvalue weighted by Gasteiger charge is 2.30. The number of alkyl halides is 3. The Morgan fingerprint density at radius 2 is 1.90 bits per heavy atom. The molecular weight excluding hydrogens is 385 g/mol. The van der Waals surface area contributed by atoms with Crippen molar-refractivity contribution in [3.05, 3.63) is 59.2 Å². The molecule has 2 rings (SSSR count). The van der Waals surface area contributed by atoms with E-state index in [0.29, 0.717) is 17.1 Å². The van der Waals surface area contributed by atoms with Gasteiger partial charge in [-0.2, -0.15) is 18.4 Å². The number of nitrogens with one attached hydrogen (secondary N) is 1. The Morgan fingerprint density at radius 1 is 1.17 bits per heavy atom. The molecule has 0 unspecified atom stereocenters. The van der Waals surface area contributed by atoms with Gasteiger partial charge in [-0.25, -0.2) is 0 Å². The van der Waals surface area contributed by atoms with Crippen LogP contribution in [-0.4, -0.2) is 19.1 Å². The van der Waals surface area contributed by atoms with E-state index in [4.69, 9.17) is 9.47 Å². The molecule has 0 bridgehead atoms. The van der Waals surface area contributed by atoms with Crippen molar-refractivity contribution >= 4 is 17.7 Å². The number of carbonyl (C=O) groups is 1. The maximum Gasteiger partial charge on any atom is 0.416 e. The number of ether oxygens (including phenoxy) is 2. The normalized spacial score (nSPS) is 11.7. The molecule has 0 aliphatic heterocycles. The van der Waals surface area contributed by atoms with Crippen LogP contribution in [-0.2, 0) is 11.0 Å². The summed E-state index contributed by atoms with van der Waals surface area (Å²) in [4.78, 5) is 12.3. The van der Waals surface area contributed by atoms with Crippen molar-refractivity contribution in [3.63, 3.8) is 0 Å². The van der Waals surface area contributed by atoms with Gasteiger partial charge >= 0.3 is 6.18 Å². The van der Waals surface area contributed by atoms with E-state index in [1.54, 1.807) is 24.3 Å². The molecule has 152 valence electrons. The number of amides is 1. The standard InChI is InChI=1S/C21H19F3N2O3/c1-13(2)29-18-8-7-14(10-19(18)28-3)9-15(12-25)20(27)26-17-6-4-5-16(11-17)21(22,23)24/h4-11,13H,1-3H3,(H,26,27). The minimum atomic E-state index is -4.54. The van der Waals surface area contributed by atoms with E-state index in [9.17, 15) is 23.2 Å². The van der Waals surface area contributed by atoms with Crippen LogP contribution in [0, 0.1) is 11.3 Å². The third-order valence-electron chi connectivity index (χ3n) is 3.67. The first-order valence-electron chi connectivity index (χ1n) is 8.59. The summed E-state index contributed by atoms with van der Waals surface area (Å²) in [5, 5.41) is 11.6. The monoisotopic (exact) mass is 404 g/mol. The first-order valence-corrected chi connectivity index (χ1v) is 8.59. The zero-order valence-electron chi connectivity index (χ0n) is 16.0. The summed E-state index contributed by atoms with van der Waals surface area (Å²) >= 11 is 0. The zero-order valence-corrected chi connectivity index (χ0v) is 16.0. The molecule has 2 aromatic carbocycles. The molecule has 0 atom stereocenters. The highest BCUT2D eigenvalue weighted by molar-refractivity contribution is 6.09. The molecular formula is C21H19F3N2O3. The van der Waals surface area contributed by atoms with Gasteiger partial charge in [-0.3, -0.25) is 4.79 Å². The molecule has 0 radical (unpaired) electrons. The highest BCUT2D eigenvalue weighted by atomic mass is 19.4. The smallest absolute Gasteiger partial charge is 0.416 e. The molecule has 1 N–H and O–H groups in total. The quantitative estimate of drug-likeness (QED) is 0.540. The summed E-state index contributed by atoms with van der Waals surface area (Å²) in [6.45, 7) is 3.72. The molecule has 29 heavy (non-hydrogen) atoms. The van der Waals surface area contributed by atoms with Gasteiger partial charge in [0.25, 0.3) is 5.91 Å². The van der Waals surface area contributed by atoms with Crippen molar-refractivity contribution in [2.24, 2.45) is 0 Å². The van der Waals surface area contributed by atoms with Gasteiger partial charge in [-0.05, 0) is 55.8 Å². The van der Waals surface area contributed by atoms with Gasteiger partial charge in [-0.15, -0.1) is 0 Å². The molecule has 0 fully saturated rings. The van der Waals surface area contributed by atoms with Crippen LogP contribution in [0.3, 0.4) is 0 Å². The topological polar surface area (TPSA) is 71.3 Å². The van der Waals surface area contributed by atoms with Crippen LogP contribution < -0.4 is 14.8 Å². The Hall–Kier alpha value is -3.47. The fourth-order valence-electron chi connectivity index (χ4n) is 2.41. The molecule has 5 nitrogen and oxygen atoms in total. The van der Waals surface area contributed by atoms with Gasteiger partial charge in [-0.1, -0.05) is 12.1 Å². The van der Waals surface area contributed by atoms with Crippen LogP contribution in [0.1, 0.15) is 25.0 Å². The lowest BCUT2D eigenvalue weighted by molar-refractivity contribution is -0.137. The molecule has 0 heterocycles. The van der Waals surface area contributed by atoms with E-state index in [0.717, 1.165) is 12.1 Å². The Morgan fingerprint density at radius 3 is 2.48 bits per heavy atom. The van der Waals surface area contributed by atoms with Crippen LogP contribution in [0.5, 0.6) is 11.5 Å². The number of nitriles is 1. The molecule has 0 aliphatic carbocycles. The third kappa shape index (κ3) is 6.01. The fraction of sp³-hybridized carbons (Fsp3) is 0.238. The number of methoxy groups -OCH3 is 1. The lowest BCUT2D eigenvalue weighted by Crippen LogP contribution is -2.14. The maximum atomic E-state index is 12.8. The van der Waals surface area contributed by atoms with Gasteiger partial charge < -0.3 is 14.8 Å². The number of rotatable bonds is 6. The number of anilines is 1. The molecule has 0 saturated carbocycles. The number of benzene rings is 2. The summed E-state index contributed by atoms with van der Waals surface area (Å²) in [5.41, 5.74) is -0.747. The van der Waals surface area contributed by atoms with Crippen LogP contribution >= 0.6 is 0 Å². The number of halogens is 3. The van der Waals surface area contributed by atoms with Crippen LogP contribution in [0.2, 0.25) is 0 Å². The maximum absolute atomic E-state index is 12.8. The van der Waals surface area contributed by atoms with Crippen molar-refractivity contribution in [2.45, 2.75) is 26.1 Å². The average molecular weight is 404 g/mol. The predicted octanol–water partition coefficient (Wildman–Crippen LogP) is 5.05. The van der Waals surface area contributed by atoms with E-state index in [1.807, 2.05) is 13.8 Å². The van der Waals surface area contributed by atoms with Crippen molar-refractivity contribution in [3.8, 4) is 17.6 Å². The Labute approximate surface area is 166 Å². The molecule has 0 aliphatic rings. The van der Waals surface area contributed by atoms with E-state index >= 15 is 0 Å². The minimum Gasteiger partial charge on any atom is -0.493 e. The summed E-state index contributed by atoms with van der Waals surface area (Å²) in [6.07, 6.45) is -3.30. The van der Waals surface area contributed by atoms with E-state index in [2.05, 4.69) is 5.32 Å². The molecule has 0 aromatic heterocycles. The van der Waals surface area contributed by atoms with Gasteiger partial charge in [0.2, 0.25) is 0 Å². The summed E-state index contributed by atoms with van der Waals surface area (Å²) < 4.78 is 49.3. The van der Waals surface area contributed by atoms with Gasteiger partial charge in [0, 0.05) is 5.69 Å². The number of carbonyl (C=O) groups excluding carboxylic acids is 1. The second-order valence-electron chi connectivity index (χ2n) is 6.28. The van der Waals surface area contributed by atoms with Gasteiger partial charge in [0.15, 0.2) is 11.5 Å². The van der Waals surface area contributed by atoms with Crippen molar-refractivity contribution < 1.29 is 27.4 Å². The molecule has 0 saturated heterocycles. The Balaban J connectivity index is 2.26. The molecule has 0 spiro atoms. The van der Waals surface area contributed by atoms with Gasteiger partial charge in [0.05, 0.1) is 18.8 Å². The minimum absolute atomic E-state index is 0.0655. The van der Waals surface area contributed by atoms with E-state index in [-0.39, 0.29) is 17.4 Å². The number of hydrogen-bond donors (Lipinski definition) is 1. The summed E-state index contributed by atoms with van der Waals surface area (Å²) in [7, 11) is 1.46. The van der Waals surface area contributed by atoms with Crippen LogP contribution in [0.15, 0.2) is 48.0 Å². The van der Waals surface area contributed by atoms with E-state index in [1.165, 1.54) is 25.3 Å². The number of nitrogens with zero attached hydrogens (tertiary/aromatic N) is 1. The van der Waals surface area contributed by atoms with Crippen molar-refractivity contribution in [1.29, 1.82) is 5.26 Å². The second-order valence-corrected chi connectivity index (χ2v) is 6.28. The van der Waals surface area contributed by atoms with Crippen molar-refractivity contribution in [1.82, 2.24) is 0 Å². The molecule has 2 aromatic rings. The summed E-state index contributed by atoms with van der Waals surface area (Å²) in [5.74, 6) is 0.0999. The number of hydrogen-bond acceptors (Lipinski definition) is 4. The highest BCUT2D eigenvalue weighted by Crippen LogP contribution is 2.31. The zero-order chi connectivity index (χ0) is 21.6. The lowest BCUT2D eigenvalue weighted by Gasteiger charge is -2.14. The lowest BCUT2D eigenvalue weighted by atomic mass is 10.1.